The molecule has 4 rings (SSSR count). The van der Waals surface area contributed by atoms with Gasteiger partial charge >= 0.3 is 5.69 Å². The summed E-state index contributed by atoms with van der Waals surface area (Å²) in [5, 5.41) is 9.82. The van der Waals surface area contributed by atoms with Crippen molar-refractivity contribution in [1.82, 2.24) is 18.7 Å². The highest BCUT2D eigenvalue weighted by molar-refractivity contribution is 6.30. The summed E-state index contributed by atoms with van der Waals surface area (Å²) in [5.41, 5.74) is 0.675. The number of benzene rings is 1. The fourth-order valence-electron chi connectivity index (χ4n) is 4.35. The summed E-state index contributed by atoms with van der Waals surface area (Å²) in [6, 6.07) is 7.73. The number of nitrogens with zero attached hydrogens (tertiary/aromatic N) is 4. The Morgan fingerprint density at radius 3 is 2.53 bits per heavy atom. The monoisotopic (exact) mass is 460 g/mol. The van der Waals surface area contributed by atoms with Crippen molar-refractivity contribution in [2.45, 2.75) is 51.6 Å². The summed E-state index contributed by atoms with van der Waals surface area (Å²) in [6.07, 6.45) is 6.25. The van der Waals surface area contributed by atoms with Crippen LogP contribution in [0.3, 0.4) is 0 Å². The maximum Gasteiger partial charge on any atom is 0.332 e. The van der Waals surface area contributed by atoms with Crippen LogP contribution in [-0.2, 0) is 20.1 Å². The second-order valence-corrected chi connectivity index (χ2v) is 8.91. The topological polar surface area (TPSA) is 91.3 Å². The first-order valence-corrected chi connectivity index (χ1v) is 11.6. The molecule has 0 amide bonds. The van der Waals surface area contributed by atoms with Gasteiger partial charge in [0.2, 0.25) is 0 Å². The van der Waals surface area contributed by atoms with Crippen LogP contribution in [0.15, 0.2) is 33.9 Å². The second kappa shape index (κ2) is 9.92. The van der Waals surface area contributed by atoms with Crippen LogP contribution in [0.1, 0.15) is 44.1 Å². The average molecular weight is 461 g/mol. The van der Waals surface area contributed by atoms with Crippen LogP contribution in [0.25, 0.3) is 11.2 Å². The maximum atomic E-state index is 13.3. The lowest BCUT2D eigenvalue weighted by atomic mass is 9.90. The Kier molecular flexibility index (Phi) is 7.01. The fourth-order valence-corrected chi connectivity index (χ4v) is 4.48. The zero-order valence-corrected chi connectivity index (χ0v) is 19.1. The van der Waals surface area contributed by atoms with Gasteiger partial charge < -0.3 is 9.84 Å². The third-order valence-electron chi connectivity index (χ3n) is 6.16. The van der Waals surface area contributed by atoms with Crippen molar-refractivity contribution < 1.29 is 9.84 Å². The molecule has 2 aromatic heterocycles. The van der Waals surface area contributed by atoms with Crippen LogP contribution in [0.5, 0.6) is 6.01 Å². The fraction of sp³-hybridized carbons (Fsp3) is 0.522. The van der Waals surface area contributed by atoms with E-state index in [9.17, 15) is 14.7 Å². The van der Waals surface area contributed by atoms with E-state index in [1.165, 1.54) is 23.8 Å². The molecule has 0 unspecified atom stereocenters. The van der Waals surface area contributed by atoms with Crippen LogP contribution in [-0.4, -0.2) is 37.0 Å². The SMILES string of the molecule is Cn1c(=O)n(CCCO)c(=O)c2c1nc(OCC1CCCCC1)n2Cc1ccc(Cl)cc1. The Hall–Kier alpha value is -2.58. The number of aliphatic hydroxyl groups is 1. The van der Waals surface area contributed by atoms with E-state index < -0.39 is 11.2 Å². The molecule has 1 fully saturated rings. The Morgan fingerprint density at radius 1 is 1.12 bits per heavy atom. The lowest BCUT2D eigenvalue weighted by molar-refractivity contribution is 0.191. The number of ether oxygens (including phenoxy) is 1. The summed E-state index contributed by atoms with van der Waals surface area (Å²) in [5.74, 6) is 0.470. The molecule has 0 radical (unpaired) electrons. The van der Waals surface area contributed by atoms with Crippen molar-refractivity contribution >= 4 is 22.8 Å². The van der Waals surface area contributed by atoms with Gasteiger partial charge in [-0.25, -0.2) is 4.79 Å². The number of aliphatic hydroxyl groups excluding tert-OH is 1. The van der Waals surface area contributed by atoms with Gasteiger partial charge in [0, 0.05) is 25.2 Å². The van der Waals surface area contributed by atoms with Gasteiger partial charge in [0.25, 0.3) is 11.6 Å². The highest BCUT2D eigenvalue weighted by atomic mass is 35.5. The standard InChI is InChI=1S/C23H29ClN4O4/c1-26-20-19(21(30)27(23(26)31)12-5-13-29)28(14-16-8-10-18(24)11-9-16)22(25-20)32-15-17-6-3-2-4-7-17/h8-11,17,29H,2-7,12-15H2,1H3. The zero-order valence-electron chi connectivity index (χ0n) is 18.3. The largest absolute Gasteiger partial charge is 0.464 e. The van der Waals surface area contributed by atoms with E-state index in [1.807, 2.05) is 12.1 Å². The predicted molar refractivity (Wildman–Crippen MR) is 124 cm³/mol. The molecule has 32 heavy (non-hydrogen) atoms. The van der Waals surface area contributed by atoms with Crippen molar-refractivity contribution in [3.63, 3.8) is 0 Å². The van der Waals surface area contributed by atoms with Crippen molar-refractivity contribution in [2.24, 2.45) is 13.0 Å². The molecule has 1 aliphatic carbocycles. The van der Waals surface area contributed by atoms with Gasteiger partial charge in [-0.3, -0.25) is 18.5 Å². The smallest absolute Gasteiger partial charge is 0.332 e. The van der Waals surface area contributed by atoms with Crippen molar-refractivity contribution in [2.75, 3.05) is 13.2 Å². The first-order valence-electron chi connectivity index (χ1n) is 11.2. The number of aromatic nitrogens is 4. The minimum absolute atomic E-state index is 0.104. The number of fused-ring (bicyclic) bond motifs is 1. The molecule has 2 heterocycles. The van der Waals surface area contributed by atoms with Crippen LogP contribution >= 0.6 is 11.6 Å². The minimum atomic E-state index is -0.453. The summed E-state index contributed by atoms with van der Waals surface area (Å²) in [4.78, 5) is 30.7. The number of rotatable bonds is 8. The summed E-state index contributed by atoms with van der Waals surface area (Å²) in [6.45, 7) is 0.938. The molecule has 0 atom stereocenters. The zero-order chi connectivity index (χ0) is 22.7. The van der Waals surface area contributed by atoms with Gasteiger partial charge in [-0.05, 0) is 42.9 Å². The van der Waals surface area contributed by atoms with Crippen LogP contribution in [0.4, 0.5) is 0 Å². The molecule has 0 spiro atoms. The highest BCUT2D eigenvalue weighted by Gasteiger charge is 2.23. The van der Waals surface area contributed by atoms with Gasteiger partial charge in [-0.15, -0.1) is 0 Å². The molecule has 0 bridgehead atoms. The average Bonchev–Trinajstić information content (AvgIpc) is 3.17. The third-order valence-corrected chi connectivity index (χ3v) is 6.42. The van der Waals surface area contributed by atoms with E-state index in [4.69, 9.17) is 16.3 Å². The number of halogens is 1. The first kappa shape index (κ1) is 22.6. The van der Waals surface area contributed by atoms with Crippen molar-refractivity contribution in [3.8, 4) is 6.01 Å². The van der Waals surface area contributed by atoms with E-state index in [1.54, 1.807) is 23.7 Å². The predicted octanol–water partition coefficient (Wildman–Crippen LogP) is 2.94. The van der Waals surface area contributed by atoms with Crippen LogP contribution < -0.4 is 16.0 Å². The quantitative estimate of drug-likeness (QED) is 0.558. The summed E-state index contributed by atoms with van der Waals surface area (Å²) < 4.78 is 10.4. The summed E-state index contributed by atoms with van der Waals surface area (Å²) >= 11 is 6.03. The van der Waals surface area contributed by atoms with Crippen LogP contribution in [0.2, 0.25) is 5.02 Å². The van der Waals surface area contributed by atoms with E-state index in [2.05, 4.69) is 4.98 Å². The lowest BCUT2D eigenvalue weighted by Gasteiger charge is -2.21. The van der Waals surface area contributed by atoms with E-state index in [-0.39, 0.29) is 13.2 Å². The highest BCUT2D eigenvalue weighted by Crippen LogP contribution is 2.26. The minimum Gasteiger partial charge on any atom is -0.464 e. The van der Waals surface area contributed by atoms with Gasteiger partial charge in [-0.2, -0.15) is 4.98 Å². The lowest BCUT2D eigenvalue weighted by Crippen LogP contribution is -2.39. The van der Waals surface area contributed by atoms with E-state index in [0.717, 1.165) is 23.0 Å². The maximum absolute atomic E-state index is 13.3. The Labute approximate surface area is 191 Å². The molecule has 0 saturated heterocycles. The molecular weight excluding hydrogens is 432 g/mol. The Bertz CT molecular complexity index is 1190. The molecule has 1 aliphatic rings. The normalized spacial score (nSPS) is 14.8. The molecule has 8 nitrogen and oxygen atoms in total. The Balaban J connectivity index is 1.80. The van der Waals surface area contributed by atoms with Gasteiger partial charge in [0.1, 0.15) is 0 Å². The van der Waals surface area contributed by atoms with Crippen LogP contribution in [0, 0.1) is 5.92 Å². The van der Waals surface area contributed by atoms with Gasteiger partial charge in [0.05, 0.1) is 13.2 Å². The number of aryl methyl sites for hydroxylation is 1. The van der Waals surface area contributed by atoms with Gasteiger partial charge in [-0.1, -0.05) is 43.0 Å². The van der Waals surface area contributed by atoms with Gasteiger partial charge in [0.15, 0.2) is 11.2 Å². The number of imidazole rings is 1. The molecular formula is C23H29ClN4O4. The third kappa shape index (κ3) is 4.61. The Morgan fingerprint density at radius 2 is 1.84 bits per heavy atom. The number of hydrogen-bond acceptors (Lipinski definition) is 5. The molecule has 1 saturated carbocycles. The van der Waals surface area contributed by atoms with E-state index in [0.29, 0.717) is 47.7 Å². The number of hydrogen-bond donors (Lipinski definition) is 1. The summed E-state index contributed by atoms with van der Waals surface area (Å²) in [7, 11) is 1.60. The van der Waals surface area contributed by atoms with Crippen molar-refractivity contribution in [1.29, 1.82) is 0 Å². The van der Waals surface area contributed by atoms with E-state index >= 15 is 0 Å². The molecule has 3 aromatic rings. The first-order chi connectivity index (χ1) is 15.5. The molecule has 0 aliphatic heterocycles. The second-order valence-electron chi connectivity index (χ2n) is 8.47. The molecule has 1 N–H and O–H groups in total. The molecule has 172 valence electrons. The molecule has 1 aromatic carbocycles. The van der Waals surface area contributed by atoms with Crippen molar-refractivity contribution in [3.05, 3.63) is 55.7 Å². The molecule has 9 heteroatoms.